The van der Waals surface area contributed by atoms with Gasteiger partial charge in [0.15, 0.2) is 0 Å². The van der Waals surface area contributed by atoms with E-state index in [0.29, 0.717) is 5.92 Å². The lowest BCUT2D eigenvalue weighted by atomic mass is 9.82. The highest BCUT2D eigenvalue weighted by Crippen LogP contribution is 2.53. The Hall–Kier alpha value is -3.05. The number of benzene rings is 4. The number of alkyl halides is 3. The summed E-state index contributed by atoms with van der Waals surface area (Å²) in [5, 5.41) is 6.41. The maximum Gasteiger partial charge on any atom is 0.394 e. The predicted octanol–water partition coefficient (Wildman–Crippen LogP) is 11.6. The molecule has 0 aliphatic carbocycles. The Morgan fingerprint density at radius 2 is 1.57 bits per heavy atom. The van der Waals surface area contributed by atoms with Crippen LogP contribution in [0, 0.1) is 16.7 Å². The summed E-state index contributed by atoms with van der Waals surface area (Å²) in [4.78, 5) is 7.32. The molecule has 6 rings (SSSR count). The number of hydrogen-bond donors (Lipinski definition) is 0. The van der Waals surface area contributed by atoms with Crippen LogP contribution in [0.25, 0.3) is 43.6 Å². The van der Waals surface area contributed by atoms with E-state index in [1.165, 1.54) is 40.6 Å². The molecule has 0 bridgehead atoms. The molecule has 0 spiro atoms. The van der Waals surface area contributed by atoms with Crippen molar-refractivity contribution in [1.82, 2.24) is 4.98 Å². The summed E-state index contributed by atoms with van der Waals surface area (Å²) in [5.74, 6) is 0.482. The zero-order valence-corrected chi connectivity index (χ0v) is 26.3. The van der Waals surface area contributed by atoms with Crippen LogP contribution in [0.3, 0.4) is 0 Å². The van der Waals surface area contributed by atoms with Crippen LogP contribution in [0.15, 0.2) is 70.6 Å². The Morgan fingerprint density at radius 1 is 0.810 bits per heavy atom. The molecule has 0 saturated carbocycles. The lowest BCUT2D eigenvalue weighted by Crippen LogP contribution is -2.34. The second-order valence-corrected chi connectivity index (χ2v) is 15.3. The van der Waals surface area contributed by atoms with Crippen LogP contribution in [-0.4, -0.2) is 11.2 Å². The molecule has 2 heterocycles. The van der Waals surface area contributed by atoms with Crippen LogP contribution in [0.4, 0.5) is 13.2 Å². The Labute approximate surface area is 250 Å². The number of fused-ring (bicyclic) bond motifs is 5. The Bertz CT molecular complexity index is 1860. The second kappa shape index (κ2) is 10.0. The first-order valence-electron chi connectivity index (χ1n) is 14.8. The first kappa shape index (κ1) is 29.0. The molecule has 1 aromatic heterocycles. The van der Waals surface area contributed by atoms with E-state index >= 15 is 0 Å². The molecule has 5 heteroatoms. The number of nitrogens with zero attached hydrogens (tertiary/aromatic N) is 1. The van der Waals surface area contributed by atoms with E-state index in [2.05, 4.69) is 65.0 Å². The summed E-state index contributed by atoms with van der Waals surface area (Å²) in [7, 11) is 0. The first-order valence-corrected chi connectivity index (χ1v) is 15.6. The second-order valence-electron chi connectivity index (χ2n) is 14.3. The number of rotatable bonds is 5. The van der Waals surface area contributed by atoms with E-state index in [9.17, 15) is 13.2 Å². The highest BCUT2D eigenvalue weighted by molar-refractivity contribution is 8.00. The third-order valence-corrected chi connectivity index (χ3v) is 9.62. The summed E-state index contributed by atoms with van der Waals surface area (Å²) in [5.41, 5.74) is 3.80. The normalized spacial score (nSPS) is 13.9. The van der Waals surface area contributed by atoms with E-state index in [1.54, 1.807) is 11.8 Å². The Kier molecular flexibility index (Phi) is 6.92. The van der Waals surface area contributed by atoms with Crippen LogP contribution >= 0.6 is 11.8 Å². The van der Waals surface area contributed by atoms with Gasteiger partial charge in [-0.3, -0.25) is 4.98 Å². The zero-order chi connectivity index (χ0) is 30.2. The van der Waals surface area contributed by atoms with Crippen molar-refractivity contribution in [2.24, 2.45) is 16.7 Å². The van der Waals surface area contributed by atoms with Gasteiger partial charge in [0.1, 0.15) is 0 Å². The van der Waals surface area contributed by atoms with Gasteiger partial charge in [-0.1, -0.05) is 96.6 Å². The molecule has 1 nitrogen and oxygen atoms in total. The number of pyridine rings is 1. The van der Waals surface area contributed by atoms with Gasteiger partial charge in [-0.15, -0.1) is 0 Å². The predicted molar refractivity (Wildman–Crippen MR) is 172 cm³/mol. The number of aromatic nitrogens is 1. The first-order chi connectivity index (χ1) is 19.6. The summed E-state index contributed by atoms with van der Waals surface area (Å²) in [6, 6.07) is 19.1. The van der Waals surface area contributed by atoms with Gasteiger partial charge >= 0.3 is 6.18 Å². The van der Waals surface area contributed by atoms with Gasteiger partial charge in [-0.2, -0.15) is 13.2 Å². The fourth-order valence-corrected chi connectivity index (χ4v) is 7.75. The van der Waals surface area contributed by atoms with Crippen LogP contribution in [0.1, 0.15) is 65.2 Å². The molecule has 42 heavy (non-hydrogen) atoms. The maximum absolute atomic E-state index is 14.0. The minimum absolute atomic E-state index is 0.0800. The molecule has 0 radical (unpaired) electrons. The summed E-state index contributed by atoms with van der Waals surface area (Å²) < 4.78 is 41.9. The number of hydrogen-bond acceptors (Lipinski definition) is 2. The molecule has 4 aromatic carbocycles. The molecule has 0 unspecified atom stereocenters. The molecule has 0 saturated heterocycles. The standard InChI is InChI=1S/C37H38F3NS/c1-21(2)15-28-26-12-11-22(19-35(3,4)5)16-25(26)17-29-33-32-27(13-14-41-33)31-23(18-30(32)42-34(28)29)9-8-10-24(31)20-36(6,7)37(38,39)40/h8-14,16-18,21H,15,19-20H2,1-7H3. The molecular formula is C37H38F3NS. The molecule has 1 aliphatic heterocycles. The highest BCUT2D eigenvalue weighted by atomic mass is 32.2. The van der Waals surface area contributed by atoms with E-state index in [0.717, 1.165) is 56.1 Å². The average Bonchev–Trinajstić information content (AvgIpc) is 2.87. The summed E-state index contributed by atoms with van der Waals surface area (Å²) >= 11 is 1.79. The van der Waals surface area contributed by atoms with Crippen LogP contribution in [0.2, 0.25) is 0 Å². The molecule has 0 N–H and O–H groups in total. The molecule has 0 atom stereocenters. The number of halogens is 3. The summed E-state index contributed by atoms with van der Waals surface area (Å²) in [6.07, 6.45) is -0.593. The topological polar surface area (TPSA) is 12.9 Å². The van der Waals surface area contributed by atoms with E-state index in [4.69, 9.17) is 4.98 Å². The van der Waals surface area contributed by atoms with Crippen LogP contribution < -0.4 is 0 Å². The smallest absolute Gasteiger partial charge is 0.256 e. The van der Waals surface area contributed by atoms with E-state index in [1.807, 2.05) is 30.5 Å². The van der Waals surface area contributed by atoms with Crippen LogP contribution in [0.5, 0.6) is 0 Å². The van der Waals surface area contributed by atoms with Crippen molar-refractivity contribution >= 4 is 44.1 Å². The summed E-state index contributed by atoms with van der Waals surface area (Å²) in [6.45, 7) is 13.9. The van der Waals surface area contributed by atoms with Crippen molar-refractivity contribution in [3.63, 3.8) is 0 Å². The van der Waals surface area contributed by atoms with Gasteiger partial charge in [0.25, 0.3) is 0 Å². The van der Waals surface area contributed by atoms with Gasteiger partial charge in [-0.05, 0) is 92.4 Å². The molecule has 218 valence electrons. The monoisotopic (exact) mass is 585 g/mol. The lowest BCUT2D eigenvalue weighted by Gasteiger charge is -2.29. The van der Waals surface area contributed by atoms with Gasteiger partial charge in [0.05, 0.1) is 11.1 Å². The third-order valence-electron chi connectivity index (χ3n) is 8.41. The third kappa shape index (κ3) is 5.08. The largest absolute Gasteiger partial charge is 0.394 e. The van der Waals surface area contributed by atoms with Crippen molar-refractivity contribution in [1.29, 1.82) is 0 Å². The fourth-order valence-electron chi connectivity index (χ4n) is 6.46. The van der Waals surface area contributed by atoms with E-state index in [-0.39, 0.29) is 11.8 Å². The Morgan fingerprint density at radius 3 is 2.26 bits per heavy atom. The quantitative estimate of drug-likeness (QED) is 0.187. The van der Waals surface area contributed by atoms with Crippen molar-refractivity contribution in [2.45, 2.75) is 83.7 Å². The van der Waals surface area contributed by atoms with Gasteiger partial charge in [0.2, 0.25) is 0 Å². The van der Waals surface area contributed by atoms with E-state index < -0.39 is 11.6 Å². The SMILES string of the molecule is CC(C)Cc1c2c(cc3cc(CC(C)(C)C)ccc13)-c1nccc3c1c(cc1cccc(CC(C)(C)C(F)(F)F)c13)S2. The fraction of sp³-hybridized carbons (Fsp3) is 0.378. The Balaban J connectivity index is 1.62. The molecule has 1 aliphatic rings. The van der Waals surface area contributed by atoms with Crippen molar-refractivity contribution in [3.8, 4) is 11.3 Å². The van der Waals surface area contributed by atoms with Gasteiger partial charge in [0, 0.05) is 26.9 Å². The molecule has 0 amide bonds. The maximum atomic E-state index is 14.0. The molecule has 5 aromatic rings. The van der Waals surface area contributed by atoms with Gasteiger partial charge in [-0.25, -0.2) is 0 Å². The minimum Gasteiger partial charge on any atom is -0.256 e. The van der Waals surface area contributed by atoms with Crippen molar-refractivity contribution in [3.05, 3.63) is 77.5 Å². The minimum atomic E-state index is -4.29. The van der Waals surface area contributed by atoms with Crippen LogP contribution in [-0.2, 0) is 19.3 Å². The zero-order valence-electron chi connectivity index (χ0n) is 25.5. The molecular weight excluding hydrogens is 547 g/mol. The highest BCUT2D eigenvalue weighted by Gasteiger charge is 2.47. The van der Waals surface area contributed by atoms with Gasteiger partial charge < -0.3 is 0 Å². The van der Waals surface area contributed by atoms with Crippen molar-refractivity contribution in [2.75, 3.05) is 0 Å². The molecule has 0 fully saturated rings. The average molecular weight is 586 g/mol. The van der Waals surface area contributed by atoms with Crippen molar-refractivity contribution < 1.29 is 13.2 Å². The lowest BCUT2D eigenvalue weighted by molar-refractivity contribution is -0.210.